The van der Waals surface area contributed by atoms with Crippen LogP contribution in [0, 0.1) is 0 Å². The lowest BCUT2D eigenvalue weighted by molar-refractivity contribution is -0.144. The normalized spacial score (nSPS) is 17.2. The summed E-state index contributed by atoms with van der Waals surface area (Å²) in [5, 5.41) is 42.9. The molecule has 0 unspecified atom stereocenters. The first-order valence-electron chi connectivity index (χ1n) is 18.5. The molecule has 0 saturated carbocycles. The number of primary amides is 1. The third-order valence-corrected chi connectivity index (χ3v) is 9.77. The molecule has 8 amide bonds. The zero-order valence-corrected chi connectivity index (χ0v) is 33.8. The van der Waals surface area contributed by atoms with E-state index in [2.05, 4.69) is 67.1 Å². The molecule has 16 N–H and O–H groups in total. The monoisotopic (exact) mass is 874 g/mol. The van der Waals surface area contributed by atoms with Crippen molar-refractivity contribution in [3.8, 4) is 0 Å². The predicted molar refractivity (Wildman–Crippen MR) is 213 cm³/mol. The van der Waals surface area contributed by atoms with E-state index in [4.69, 9.17) is 17.2 Å². The second kappa shape index (κ2) is 25.5. The van der Waals surface area contributed by atoms with Crippen molar-refractivity contribution in [1.82, 2.24) is 46.8 Å². The van der Waals surface area contributed by atoms with Crippen LogP contribution in [0.1, 0.15) is 44.2 Å². The molecular formula is C33H54N12O12S2. The average Bonchev–Trinajstić information content (AvgIpc) is 3.92. The highest BCUT2D eigenvalue weighted by Gasteiger charge is 2.40. The summed E-state index contributed by atoms with van der Waals surface area (Å²) in [5.41, 5.74) is 17.0. The highest BCUT2D eigenvalue weighted by Crippen LogP contribution is 2.20. The number of aromatic amines is 1. The van der Waals surface area contributed by atoms with Gasteiger partial charge in [-0.05, 0) is 38.6 Å². The molecule has 1 saturated heterocycles. The number of likely N-dealkylation sites (tertiary alicyclic amines) is 1. The third kappa shape index (κ3) is 15.9. The number of carboxylic acid groups (broad SMARTS) is 1. The average molecular weight is 875 g/mol. The van der Waals surface area contributed by atoms with Gasteiger partial charge in [-0.2, -0.15) is 25.3 Å². The van der Waals surface area contributed by atoms with E-state index < -0.39 is 121 Å². The van der Waals surface area contributed by atoms with Gasteiger partial charge in [-0.3, -0.25) is 38.4 Å². The quantitative estimate of drug-likeness (QED) is 0.0304. The number of aliphatic carboxylic acids is 1. The SMILES string of the molecule is NCCCC[C@H](NC(=O)[C@H](CC(N)=O)NC(=O)[C@H](Cc1cnc[nH]1)NC(=O)[C@H](CO)NC(=O)[C@H](CO)NC(=O)[C@@H](N)CS)C(=O)N1CCC[C@H]1C(=O)N[C@@H](CS)C(=O)O. The Bertz CT molecular complexity index is 1620. The number of nitrogens with two attached hydrogens (primary N) is 3. The van der Waals surface area contributed by atoms with Crippen LogP contribution in [0.25, 0.3) is 0 Å². The maximum Gasteiger partial charge on any atom is 0.327 e. The number of amides is 8. The summed E-state index contributed by atoms with van der Waals surface area (Å²) in [6.07, 6.45) is 2.90. The van der Waals surface area contributed by atoms with Gasteiger partial charge in [-0.1, -0.05) is 0 Å². The molecule has 59 heavy (non-hydrogen) atoms. The number of aromatic nitrogens is 2. The van der Waals surface area contributed by atoms with Crippen LogP contribution >= 0.6 is 25.3 Å². The second-order valence-electron chi connectivity index (χ2n) is 13.5. The van der Waals surface area contributed by atoms with Gasteiger partial charge < -0.3 is 74.3 Å². The standard InChI is InChI=1S/C33H54N12O12S2/c34-6-2-1-4-18(32(55)45-7-3-5-24(45)31(54)44-23(14-59)33(56)57)39-28(51)20(9-25(36)48)41-27(50)19(8-16-10-37-15-38-16)40-29(52)22(12-47)43-30(53)21(11-46)42-26(49)17(35)13-58/h10,15,17-24,46-47,58-59H,1-9,11-14,34-35H2,(H2,36,48)(H,37,38)(H,39,51)(H,40,52)(H,41,50)(H,42,49)(H,43,53)(H,44,54)(H,56,57)/t17-,18-,19-,20-,21-,22-,23-,24-/m0/s1. The van der Waals surface area contributed by atoms with Crippen molar-refractivity contribution in [2.24, 2.45) is 17.2 Å². The number of aliphatic hydroxyl groups excluding tert-OH is 2. The van der Waals surface area contributed by atoms with E-state index in [1.807, 2.05) is 0 Å². The molecule has 1 aromatic rings. The Balaban J connectivity index is 2.32. The largest absolute Gasteiger partial charge is 0.480 e. The van der Waals surface area contributed by atoms with Crippen LogP contribution in [-0.4, -0.2) is 170 Å². The molecule has 0 radical (unpaired) electrons. The van der Waals surface area contributed by atoms with Crippen molar-refractivity contribution >= 4 is 78.5 Å². The van der Waals surface area contributed by atoms with E-state index >= 15 is 0 Å². The number of carbonyl (C=O) groups excluding carboxylic acids is 8. The number of H-pyrrole nitrogens is 1. The van der Waals surface area contributed by atoms with Crippen LogP contribution < -0.4 is 49.1 Å². The lowest BCUT2D eigenvalue weighted by Gasteiger charge is -2.30. The van der Waals surface area contributed by atoms with Gasteiger partial charge in [0.25, 0.3) is 0 Å². The number of rotatable bonds is 26. The van der Waals surface area contributed by atoms with Gasteiger partial charge in [0, 0.05) is 36.4 Å². The molecule has 1 aromatic heterocycles. The van der Waals surface area contributed by atoms with Crippen LogP contribution in [0.15, 0.2) is 12.5 Å². The summed E-state index contributed by atoms with van der Waals surface area (Å²) >= 11 is 7.85. The smallest absolute Gasteiger partial charge is 0.327 e. The molecule has 0 aromatic carbocycles. The van der Waals surface area contributed by atoms with Crippen molar-refractivity contribution in [3.05, 3.63) is 18.2 Å². The number of thiol groups is 2. The van der Waals surface area contributed by atoms with Crippen molar-refractivity contribution in [3.63, 3.8) is 0 Å². The Morgan fingerprint density at radius 3 is 1.88 bits per heavy atom. The Kier molecular flexibility index (Phi) is 21.6. The highest BCUT2D eigenvalue weighted by molar-refractivity contribution is 7.80. The van der Waals surface area contributed by atoms with E-state index in [-0.39, 0.29) is 43.9 Å². The Morgan fingerprint density at radius 1 is 0.797 bits per heavy atom. The summed E-state index contributed by atoms with van der Waals surface area (Å²) in [6, 6.07) is -11.4. The Morgan fingerprint density at radius 2 is 1.36 bits per heavy atom. The molecule has 2 heterocycles. The first-order chi connectivity index (χ1) is 28.0. The van der Waals surface area contributed by atoms with Crippen molar-refractivity contribution in [2.45, 2.75) is 93.3 Å². The molecule has 1 fully saturated rings. The van der Waals surface area contributed by atoms with Crippen molar-refractivity contribution in [2.75, 3.05) is 37.8 Å². The molecule has 8 atom stereocenters. The maximum absolute atomic E-state index is 13.9. The number of carboxylic acids is 1. The van der Waals surface area contributed by atoms with Gasteiger partial charge >= 0.3 is 5.97 Å². The van der Waals surface area contributed by atoms with Crippen LogP contribution in [0.2, 0.25) is 0 Å². The zero-order valence-electron chi connectivity index (χ0n) is 32.0. The third-order valence-electron chi connectivity index (χ3n) is 9.01. The molecule has 330 valence electrons. The van der Waals surface area contributed by atoms with Crippen LogP contribution in [0.3, 0.4) is 0 Å². The summed E-state index contributed by atoms with van der Waals surface area (Å²) in [7, 11) is 0. The van der Waals surface area contributed by atoms with Gasteiger partial charge in [-0.25, -0.2) is 9.78 Å². The van der Waals surface area contributed by atoms with Gasteiger partial charge in [0.15, 0.2) is 0 Å². The fourth-order valence-electron chi connectivity index (χ4n) is 5.78. The predicted octanol–water partition coefficient (Wildman–Crippen LogP) is -6.89. The van der Waals surface area contributed by atoms with Crippen LogP contribution in [0.4, 0.5) is 0 Å². The number of unbranched alkanes of at least 4 members (excludes halogenated alkanes) is 1. The zero-order chi connectivity index (χ0) is 44.2. The molecule has 0 bridgehead atoms. The first-order valence-corrected chi connectivity index (χ1v) is 19.8. The van der Waals surface area contributed by atoms with Crippen molar-refractivity contribution < 1.29 is 58.5 Å². The molecule has 0 aliphatic carbocycles. The summed E-state index contributed by atoms with van der Waals surface area (Å²) < 4.78 is 0. The molecule has 24 nitrogen and oxygen atoms in total. The van der Waals surface area contributed by atoms with Gasteiger partial charge in [0.1, 0.15) is 42.3 Å². The number of nitrogens with zero attached hydrogens (tertiary/aromatic N) is 2. The Hall–Kier alpha value is -5.02. The number of aliphatic hydroxyl groups is 2. The molecular weight excluding hydrogens is 821 g/mol. The number of carbonyl (C=O) groups is 9. The topological polar surface area (TPSA) is 396 Å². The number of nitrogens with one attached hydrogen (secondary N) is 7. The fourth-order valence-corrected chi connectivity index (χ4v) is 6.20. The minimum Gasteiger partial charge on any atom is -0.480 e. The number of imidazole rings is 1. The van der Waals surface area contributed by atoms with Gasteiger partial charge in [0.05, 0.1) is 32.0 Å². The minimum atomic E-state index is -1.74. The molecule has 1 aliphatic heterocycles. The molecule has 0 spiro atoms. The van der Waals surface area contributed by atoms with E-state index in [0.717, 1.165) is 0 Å². The van der Waals surface area contributed by atoms with E-state index in [1.54, 1.807) is 0 Å². The molecule has 1 aliphatic rings. The van der Waals surface area contributed by atoms with E-state index in [1.165, 1.54) is 17.4 Å². The van der Waals surface area contributed by atoms with Gasteiger partial charge in [-0.15, -0.1) is 0 Å². The lowest BCUT2D eigenvalue weighted by Crippen LogP contribution is -2.61. The van der Waals surface area contributed by atoms with Crippen molar-refractivity contribution in [1.29, 1.82) is 0 Å². The van der Waals surface area contributed by atoms with E-state index in [9.17, 15) is 58.5 Å². The summed E-state index contributed by atoms with van der Waals surface area (Å²) in [6.45, 7) is -1.58. The lowest BCUT2D eigenvalue weighted by atomic mass is 10.0. The van der Waals surface area contributed by atoms with E-state index in [0.29, 0.717) is 25.0 Å². The second-order valence-corrected chi connectivity index (χ2v) is 14.2. The highest BCUT2D eigenvalue weighted by atomic mass is 32.1. The van der Waals surface area contributed by atoms with Crippen LogP contribution in [-0.2, 0) is 49.6 Å². The molecule has 26 heteroatoms. The molecule has 2 rings (SSSR count). The summed E-state index contributed by atoms with van der Waals surface area (Å²) in [4.78, 5) is 124. The number of hydrogen-bond acceptors (Lipinski definition) is 16. The van der Waals surface area contributed by atoms with Gasteiger partial charge in [0.2, 0.25) is 47.3 Å². The first kappa shape index (κ1) is 50.1. The minimum absolute atomic E-state index is 0.0217. The fraction of sp³-hybridized carbons (Fsp3) is 0.636. The maximum atomic E-state index is 13.9. The Labute approximate surface area is 349 Å². The number of hydrogen-bond donors (Lipinski definition) is 15. The summed E-state index contributed by atoms with van der Waals surface area (Å²) in [5.74, 6) is -9.22. The van der Waals surface area contributed by atoms with Crippen LogP contribution in [0.5, 0.6) is 0 Å².